The maximum absolute atomic E-state index is 9.27. The molecule has 0 spiro atoms. The summed E-state index contributed by atoms with van der Waals surface area (Å²) >= 11 is 0. The van der Waals surface area contributed by atoms with Gasteiger partial charge in [0, 0.05) is 0 Å². The molecule has 2 nitrogen and oxygen atoms in total. The zero-order valence-electron chi connectivity index (χ0n) is 10.9. The van der Waals surface area contributed by atoms with E-state index in [2.05, 4.69) is 19.9 Å². The Morgan fingerprint density at radius 2 is 1.88 bits per heavy atom. The van der Waals surface area contributed by atoms with Crippen LogP contribution >= 0.6 is 0 Å². The summed E-state index contributed by atoms with van der Waals surface area (Å²) in [6, 6.07) is 10.3. The highest BCUT2D eigenvalue weighted by Gasteiger charge is 2.17. The molecule has 0 amide bonds. The highest BCUT2D eigenvalue weighted by Crippen LogP contribution is 2.28. The summed E-state index contributed by atoms with van der Waals surface area (Å²) < 4.78 is 5.40. The molecular weight excluding hydrogens is 210 g/mol. The zero-order valence-corrected chi connectivity index (χ0v) is 10.9. The Morgan fingerprint density at radius 3 is 2.35 bits per heavy atom. The first-order valence-electron chi connectivity index (χ1n) is 6.35. The maximum atomic E-state index is 9.27. The van der Waals surface area contributed by atoms with Crippen molar-refractivity contribution in [2.24, 2.45) is 5.92 Å². The number of benzene rings is 1. The Balaban J connectivity index is 2.79. The van der Waals surface area contributed by atoms with Crippen LogP contribution in [0.3, 0.4) is 0 Å². The summed E-state index contributed by atoms with van der Waals surface area (Å²) in [5.41, 5.74) is 1.09. The normalized spacial score (nSPS) is 13.8. The third-order valence-corrected chi connectivity index (χ3v) is 3.00. The van der Waals surface area contributed by atoms with E-state index in [1.807, 2.05) is 31.2 Å². The van der Waals surface area contributed by atoms with Crippen LogP contribution in [0.25, 0.3) is 0 Å². The van der Waals surface area contributed by atoms with E-state index >= 15 is 0 Å². The van der Waals surface area contributed by atoms with Gasteiger partial charge in [0.05, 0.1) is 18.6 Å². The first kappa shape index (κ1) is 13.6. The molecule has 2 heteroatoms. The number of rotatable bonds is 6. The first-order chi connectivity index (χ1) is 8.22. The summed E-state index contributed by atoms with van der Waals surface area (Å²) in [6.45, 7) is 6.94. The fourth-order valence-corrected chi connectivity index (χ4v) is 2.09. The lowest BCUT2D eigenvalue weighted by molar-refractivity contribution is 0.340. The van der Waals surface area contributed by atoms with Crippen LogP contribution < -0.4 is 4.74 Å². The molecular formula is C15H21NO. The van der Waals surface area contributed by atoms with E-state index in [0.29, 0.717) is 12.5 Å². The van der Waals surface area contributed by atoms with Crippen LogP contribution in [0.15, 0.2) is 24.3 Å². The third kappa shape index (κ3) is 3.78. The van der Waals surface area contributed by atoms with Crippen LogP contribution in [0.5, 0.6) is 5.75 Å². The number of hydrogen-bond donors (Lipinski definition) is 0. The quantitative estimate of drug-likeness (QED) is 0.737. The van der Waals surface area contributed by atoms with Gasteiger partial charge < -0.3 is 4.74 Å². The van der Waals surface area contributed by atoms with Gasteiger partial charge in [0.2, 0.25) is 0 Å². The molecule has 1 aromatic carbocycles. The molecule has 0 heterocycles. The van der Waals surface area contributed by atoms with Crippen LogP contribution in [0.4, 0.5) is 0 Å². The van der Waals surface area contributed by atoms with Gasteiger partial charge in [-0.05, 0) is 37.0 Å². The van der Waals surface area contributed by atoms with Crippen molar-refractivity contribution in [3.05, 3.63) is 29.8 Å². The predicted octanol–water partition coefficient (Wildman–Crippen LogP) is 4.13. The molecule has 0 aromatic heterocycles. The Bertz CT molecular complexity index is 364. The highest BCUT2D eigenvalue weighted by atomic mass is 16.5. The summed E-state index contributed by atoms with van der Waals surface area (Å²) in [4.78, 5) is 0. The second-order valence-electron chi connectivity index (χ2n) is 4.37. The SMILES string of the molecule is CCCC(C)C(C#N)c1ccc(OCC)cc1. The van der Waals surface area contributed by atoms with Crippen molar-refractivity contribution in [2.45, 2.75) is 39.5 Å². The molecule has 1 aromatic rings. The third-order valence-electron chi connectivity index (χ3n) is 3.00. The Labute approximate surface area is 104 Å². The average molecular weight is 231 g/mol. The lowest BCUT2D eigenvalue weighted by Gasteiger charge is -2.17. The zero-order chi connectivity index (χ0) is 12.7. The molecule has 0 aliphatic heterocycles. The van der Waals surface area contributed by atoms with Gasteiger partial charge in [-0.25, -0.2) is 0 Å². The Morgan fingerprint density at radius 1 is 1.24 bits per heavy atom. The van der Waals surface area contributed by atoms with E-state index in [9.17, 15) is 5.26 Å². The van der Waals surface area contributed by atoms with E-state index in [1.165, 1.54) is 0 Å². The van der Waals surface area contributed by atoms with Gasteiger partial charge >= 0.3 is 0 Å². The molecule has 2 atom stereocenters. The van der Waals surface area contributed by atoms with Gasteiger partial charge in [-0.2, -0.15) is 5.26 Å². The molecule has 0 saturated heterocycles. The fourth-order valence-electron chi connectivity index (χ4n) is 2.09. The van der Waals surface area contributed by atoms with Crippen molar-refractivity contribution in [1.29, 1.82) is 5.26 Å². The second kappa shape index (κ2) is 6.96. The number of hydrogen-bond acceptors (Lipinski definition) is 2. The van der Waals surface area contributed by atoms with Crippen LogP contribution in [0, 0.1) is 17.2 Å². The molecule has 0 bridgehead atoms. The fraction of sp³-hybridized carbons (Fsp3) is 0.533. The van der Waals surface area contributed by atoms with Crippen LogP contribution in [0.2, 0.25) is 0 Å². The smallest absolute Gasteiger partial charge is 0.119 e. The molecule has 1 rings (SSSR count). The number of nitriles is 1. The molecule has 0 radical (unpaired) electrons. The van der Waals surface area contributed by atoms with E-state index < -0.39 is 0 Å². The van der Waals surface area contributed by atoms with Crippen molar-refractivity contribution in [3.8, 4) is 11.8 Å². The van der Waals surface area contributed by atoms with E-state index in [0.717, 1.165) is 24.2 Å². The molecule has 2 unspecified atom stereocenters. The van der Waals surface area contributed by atoms with Crippen LogP contribution in [-0.2, 0) is 0 Å². The van der Waals surface area contributed by atoms with Gasteiger partial charge in [0.25, 0.3) is 0 Å². The minimum atomic E-state index is -0.00868. The summed E-state index contributed by atoms with van der Waals surface area (Å²) in [6.07, 6.45) is 2.21. The average Bonchev–Trinajstić information content (AvgIpc) is 2.33. The molecule has 0 aliphatic carbocycles. The van der Waals surface area contributed by atoms with Crippen molar-refractivity contribution in [1.82, 2.24) is 0 Å². The van der Waals surface area contributed by atoms with Gasteiger partial charge in [0.15, 0.2) is 0 Å². The van der Waals surface area contributed by atoms with Crippen LogP contribution in [0.1, 0.15) is 45.1 Å². The molecule has 0 aliphatic rings. The van der Waals surface area contributed by atoms with Crippen molar-refractivity contribution >= 4 is 0 Å². The van der Waals surface area contributed by atoms with Crippen molar-refractivity contribution in [3.63, 3.8) is 0 Å². The first-order valence-corrected chi connectivity index (χ1v) is 6.35. The second-order valence-corrected chi connectivity index (χ2v) is 4.37. The van der Waals surface area contributed by atoms with Crippen LogP contribution in [-0.4, -0.2) is 6.61 Å². The monoisotopic (exact) mass is 231 g/mol. The predicted molar refractivity (Wildman–Crippen MR) is 70.0 cm³/mol. The van der Waals surface area contributed by atoms with Gasteiger partial charge in [-0.15, -0.1) is 0 Å². The molecule has 92 valence electrons. The summed E-state index contributed by atoms with van der Waals surface area (Å²) in [7, 11) is 0. The minimum Gasteiger partial charge on any atom is -0.494 e. The molecule has 0 saturated carbocycles. The maximum Gasteiger partial charge on any atom is 0.119 e. The highest BCUT2D eigenvalue weighted by molar-refractivity contribution is 5.32. The lowest BCUT2D eigenvalue weighted by atomic mass is 9.86. The van der Waals surface area contributed by atoms with E-state index in [-0.39, 0.29) is 5.92 Å². The lowest BCUT2D eigenvalue weighted by Crippen LogP contribution is -2.07. The minimum absolute atomic E-state index is 0.00868. The largest absolute Gasteiger partial charge is 0.494 e. The Hall–Kier alpha value is -1.49. The molecule has 0 fully saturated rings. The summed E-state index contributed by atoms with van der Waals surface area (Å²) in [5, 5.41) is 9.27. The van der Waals surface area contributed by atoms with Gasteiger partial charge in [-0.1, -0.05) is 32.4 Å². The standard InChI is InChI=1S/C15H21NO/c1-4-6-12(3)15(11-16)13-7-9-14(10-8-13)17-5-2/h7-10,12,15H,4-6H2,1-3H3. The van der Waals surface area contributed by atoms with Gasteiger partial charge in [0.1, 0.15) is 5.75 Å². The van der Waals surface area contributed by atoms with Crippen molar-refractivity contribution in [2.75, 3.05) is 6.61 Å². The Kier molecular flexibility index (Phi) is 5.56. The topological polar surface area (TPSA) is 33.0 Å². The molecule has 0 N–H and O–H groups in total. The van der Waals surface area contributed by atoms with E-state index in [1.54, 1.807) is 0 Å². The molecule has 17 heavy (non-hydrogen) atoms. The van der Waals surface area contributed by atoms with Gasteiger partial charge in [-0.3, -0.25) is 0 Å². The number of ether oxygens (including phenoxy) is 1. The van der Waals surface area contributed by atoms with E-state index in [4.69, 9.17) is 4.74 Å². The number of nitrogens with zero attached hydrogens (tertiary/aromatic N) is 1. The van der Waals surface area contributed by atoms with Crippen molar-refractivity contribution < 1.29 is 4.74 Å². The summed E-state index contributed by atoms with van der Waals surface area (Å²) in [5.74, 6) is 1.27.